The summed E-state index contributed by atoms with van der Waals surface area (Å²) >= 11 is 12.1. The Morgan fingerprint density at radius 1 is 1.09 bits per heavy atom. The molecule has 2 aromatic carbocycles. The maximum Gasteiger partial charge on any atom is 0.247 e. The van der Waals surface area contributed by atoms with E-state index >= 15 is 0 Å². The average molecular weight is 348 g/mol. The van der Waals surface area contributed by atoms with E-state index in [0.717, 1.165) is 11.1 Å². The highest BCUT2D eigenvalue weighted by atomic mass is 35.5. The van der Waals surface area contributed by atoms with Gasteiger partial charge in [-0.15, -0.1) is 10.2 Å². The molecule has 0 fully saturated rings. The lowest BCUT2D eigenvalue weighted by atomic mass is 10.1. The summed E-state index contributed by atoms with van der Waals surface area (Å²) in [6.07, 6.45) is 0. The maximum absolute atomic E-state index is 6.21. The first-order valence-corrected chi connectivity index (χ1v) is 7.95. The van der Waals surface area contributed by atoms with Crippen LogP contribution in [0.15, 0.2) is 52.9 Å². The summed E-state index contributed by atoms with van der Waals surface area (Å²) in [6.45, 7) is 2.48. The van der Waals surface area contributed by atoms with Crippen LogP contribution >= 0.6 is 23.2 Å². The second-order valence-electron chi connectivity index (χ2n) is 5.14. The molecule has 0 amide bonds. The molecule has 23 heavy (non-hydrogen) atoms. The summed E-state index contributed by atoms with van der Waals surface area (Å²) in [5, 5.41) is 12.7. The quantitative estimate of drug-likeness (QED) is 0.713. The number of aromatic nitrogens is 2. The van der Waals surface area contributed by atoms with Gasteiger partial charge in [0.2, 0.25) is 11.8 Å². The highest BCUT2D eigenvalue weighted by Crippen LogP contribution is 2.26. The molecule has 1 aromatic heterocycles. The van der Waals surface area contributed by atoms with Crippen molar-refractivity contribution in [2.45, 2.75) is 19.5 Å². The van der Waals surface area contributed by atoms with Crippen molar-refractivity contribution < 1.29 is 4.42 Å². The molecule has 0 aliphatic heterocycles. The van der Waals surface area contributed by atoms with Crippen LogP contribution in [0.2, 0.25) is 10.0 Å². The van der Waals surface area contributed by atoms with Crippen LogP contribution in [0.3, 0.4) is 0 Å². The van der Waals surface area contributed by atoms with Gasteiger partial charge in [0.05, 0.1) is 6.54 Å². The van der Waals surface area contributed by atoms with E-state index in [9.17, 15) is 0 Å². The molecule has 1 heterocycles. The van der Waals surface area contributed by atoms with Crippen molar-refractivity contribution in [2.75, 3.05) is 0 Å². The first-order valence-electron chi connectivity index (χ1n) is 7.19. The minimum Gasteiger partial charge on any atom is -0.419 e. The number of rotatable bonds is 5. The van der Waals surface area contributed by atoms with Gasteiger partial charge < -0.3 is 9.73 Å². The Labute approximate surface area is 144 Å². The third kappa shape index (κ3) is 3.91. The molecule has 0 aliphatic carbocycles. The van der Waals surface area contributed by atoms with Gasteiger partial charge in [-0.2, -0.15) is 0 Å². The van der Waals surface area contributed by atoms with Gasteiger partial charge in [-0.3, -0.25) is 0 Å². The third-order valence-electron chi connectivity index (χ3n) is 3.48. The molecule has 0 unspecified atom stereocenters. The van der Waals surface area contributed by atoms with Crippen LogP contribution in [0, 0.1) is 0 Å². The first kappa shape index (κ1) is 16.0. The van der Waals surface area contributed by atoms with E-state index in [-0.39, 0.29) is 6.04 Å². The maximum atomic E-state index is 6.21. The average Bonchev–Trinajstić information content (AvgIpc) is 3.02. The van der Waals surface area contributed by atoms with Crippen LogP contribution in [0.5, 0.6) is 0 Å². The number of hydrogen-bond donors (Lipinski definition) is 1. The lowest BCUT2D eigenvalue weighted by Crippen LogP contribution is -2.18. The standard InChI is InChI=1S/C17H15Cl2N3O/c1-11(14-8-7-13(18)9-15(14)19)20-10-16-21-22-17(23-16)12-5-3-2-4-6-12/h2-9,11,20H,10H2,1H3/t11-/m0/s1. The normalized spacial score (nSPS) is 12.3. The monoisotopic (exact) mass is 347 g/mol. The fourth-order valence-corrected chi connectivity index (χ4v) is 2.80. The van der Waals surface area contributed by atoms with Gasteiger partial charge in [-0.25, -0.2) is 0 Å². The van der Waals surface area contributed by atoms with E-state index < -0.39 is 0 Å². The molecule has 3 aromatic rings. The summed E-state index contributed by atoms with van der Waals surface area (Å²) in [5.41, 5.74) is 1.87. The van der Waals surface area contributed by atoms with E-state index in [1.54, 1.807) is 6.07 Å². The van der Waals surface area contributed by atoms with Gasteiger partial charge in [-0.1, -0.05) is 47.5 Å². The van der Waals surface area contributed by atoms with Crippen molar-refractivity contribution >= 4 is 23.2 Å². The van der Waals surface area contributed by atoms with Crippen molar-refractivity contribution in [3.05, 3.63) is 70.0 Å². The second kappa shape index (κ2) is 7.13. The zero-order chi connectivity index (χ0) is 16.2. The van der Waals surface area contributed by atoms with Crippen molar-refractivity contribution in [3.8, 4) is 11.5 Å². The SMILES string of the molecule is C[C@H](NCc1nnc(-c2ccccc2)o1)c1ccc(Cl)cc1Cl. The summed E-state index contributed by atoms with van der Waals surface area (Å²) in [7, 11) is 0. The second-order valence-corrected chi connectivity index (χ2v) is 5.98. The zero-order valence-electron chi connectivity index (χ0n) is 12.5. The molecule has 1 N–H and O–H groups in total. The predicted molar refractivity (Wildman–Crippen MR) is 91.5 cm³/mol. The van der Waals surface area contributed by atoms with E-state index in [4.69, 9.17) is 27.6 Å². The Morgan fingerprint density at radius 3 is 2.61 bits per heavy atom. The van der Waals surface area contributed by atoms with Gasteiger partial charge >= 0.3 is 0 Å². The molecular formula is C17H15Cl2N3O. The lowest BCUT2D eigenvalue weighted by molar-refractivity contribution is 0.454. The van der Waals surface area contributed by atoms with Crippen LogP contribution in [0.4, 0.5) is 0 Å². The number of halogens is 2. The Balaban J connectivity index is 1.65. The zero-order valence-corrected chi connectivity index (χ0v) is 14.0. The predicted octanol–water partition coefficient (Wildman–Crippen LogP) is 4.89. The van der Waals surface area contributed by atoms with Crippen LogP contribution in [0.1, 0.15) is 24.4 Å². The van der Waals surface area contributed by atoms with Gasteiger partial charge in [0.1, 0.15) is 0 Å². The number of nitrogens with one attached hydrogen (secondary N) is 1. The van der Waals surface area contributed by atoms with Gasteiger partial charge in [0.25, 0.3) is 0 Å². The van der Waals surface area contributed by atoms with Crippen molar-refractivity contribution in [1.82, 2.24) is 15.5 Å². The Morgan fingerprint density at radius 2 is 1.87 bits per heavy atom. The molecule has 0 spiro atoms. The van der Waals surface area contributed by atoms with Crippen molar-refractivity contribution in [3.63, 3.8) is 0 Å². The fourth-order valence-electron chi connectivity index (χ4n) is 2.23. The summed E-state index contributed by atoms with van der Waals surface area (Å²) in [5.74, 6) is 1.04. The molecule has 6 heteroatoms. The molecule has 0 radical (unpaired) electrons. The highest BCUT2D eigenvalue weighted by Gasteiger charge is 2.12. The first-order chi connectivity index (χ1) is 11.1. The number of nitrogens with zero attached hydrogens (tertiary/aromatic N) is 2. The van der Waals surface area contributed by atoms with E-state index in [1.807, 2.05) is 49.4 Å². The third-order valence-corrected chi connectivity index (χ3v) is 4.04. The Bertz CT molecular complexity index is 790. The Kier molecular flexibility index (Phi) is 4.96. The number of hydrogen-bond acceptors (Lipinski definition) is 4. The molecule has 3 rings (SSSR count). The van der Waals surface area contributed by atoms with Gasteiger partial charge in [0.15, 0.2) is 0 Å². The molecule has 0 saturated carbocycles. The van der Waals surface area contributed by atoms with Crippen LogP contribution in [0.25, 0.3) is 11.5 Å². The fraction of sp³-hybridized carbons (Fsp3) is 0.176. The lowest BCUT2D eigenvalue weighted by Gasteiger charge is -2.14. The summed E-state index contributed by atoms with van der Waals surface area (Å²) in [4.78, 5) is 0. The Hall–Kier alpha value is -1.88. The van der Waals surface area contributed by atoms with Crippen molar-refractivity contribution in [1.29, 1.82) is 0 Å². The summed E-state index contributed by atoms with van der Waals surface area (Å²) in [6, 6.07) is 15.2. The number of benzene rings is 2. The van der Waals surface area contributed by atoms with E-state index in [1.165, 1.54) is 0 Å². The van der Waals surface area contributed by atoms with Gasteiger partial charge in [0, 0.05) is 21.7 Å². The van der Waals surface area contributed by atoms with Crippen LogP contribution < -0.4 is 5.32 Å². The van der Waals surface area contributed by atoms with Crippen molar-refractivity contribution in [2.24, 2.45) is 0 Å². The molecular weight excluding hydrogens is 333 g/mol. The molecule has 0 aliphatic rings. The largest absolute Gasteiger partial charge is 0.419 e. The molecule has 118 valence electrons. The molecule has 0 bridgehead atoms. The molecule has 1 atom stereocenters. The molecule has 4 nitrogen and oxygen atoms in total. The highest BCUT2D eigenvalue weighted by molar-refractivity contribution is 6.35. The van der Waals surface area contributed by atoms with Crippen LogP contribution in [-0.2, 0) is 6.54 Å². The minimum absolute atomic E-state index is 0.0341. The molecule has 0 saturated heterocycles. The minimum atomic E-state index is 0.0341. The van der Waals surface area contributed by atoms with E-state index in [0.29, 0.717) is 28.4 Å². The van der Waals surface area contributed by atoms with Crippen LogP contribution in [-0.4, -0.2) is 10.2 Å². The topological polar surface area (TPSA) is 51.0 Å². The summed E-state index contributed by atoms with van der Waals surface area (Å²) < 4.78 is 5.67. The van der Waals surface area contributed by atoms with Gasteiger partial charge in [-0.05, 0) is 36.8 Å². The van der Waals surface area contributed by atoms with E-state index in [2.05, 4.69) is 15.5 Å². The smallest absolute Gasteiger partial charge is 0.247 e.